The minimum atomic E-state index is -4.73. The number of amides is 1. The molecular weight excluding hydrogens is 335 g/mol. The highest BCUT2D eigenvalue weighted by Crippen LogP contribution is 2.35. The number of alkyl halides is 3. The van der Waals surface area contributed by atoms with E-state index in [0.29, 0.717) is 17.8 Å². The lowest BCUT2D eigenvalue weighted by molar-refractivity contribution is -0.386. The summed E-state index contributed by atoms with van der Waals surface area (Å²) in [6.45, 7) is 0.965. The molecule has 1 aromatic carbocycles. The first-order chi connectivity index (χ1) is 11.2. The van der Waals surface area contributed by atoms with Crippen LogP contribution in [-0.4, -0.2) is 22.6 Å². The minimum absolute atomic E-state index is 0.0445. The van der Waals surface area contributed by atoms with Gasteiger partial charge in [-0.1, -0.05) is 5.16 Å². The van der Waals surface area contributed by atoms with Crippen molar-refractivity contribution in [2.45, 2.75) is 13.1 Å². The first-order valence-electron chi connectivity index (χ1n) is 6.38. The summed E-state index contributed by atoms with van der Waals surface area (Å²) in [5.74, 6) is -1.14. The molecule has 0 aliphatic carbocycles. The second-order valence-corrected chi connectivity index (χ2v) is 4.61. The fourth-order valence-electron chi connectivity index (χ4n) is 1.70. The quantitative estimate of drug-likeness (QED) is 0.659. The van der Waals surface area contributed by atoms with E-state index in [2.05, 4.69) is 10.5 Å². The molecule has 2 aromatic rings. The van der Waals surface area contributed by atoms with Gasteiger partial charge in [-0.3, -0.25) is 20.2 Å². The van der Waals surface area contributed by atoms with E-state index in [-0.39, 0.29) is 5.88 Å². The Bertz CT molecular complexity index is 772. The Morgan fingerprint density at radius 2 is 2.12 bits per heavy atom. The summed E-state index contributed by atoms with van der Waals surface area (Å²) in [6.07, 6.45) is -4.73. The topological polar surface area (TPSA) is 108 Å². The van der Waals surface area contributed by atoms with Gasteiger partial charge in [-0.15, -0.1) is 0 Å². The summed E-state index contributed by atoms with van der Waals surface area (Å²) in [4.78, 5) is 21.5. The van der Waals surface area contributed by atoms with Gasteiger partial charge >= 0.3 is 11.9 Å². The molecule has 0 unspecified atom stereocenters. The lowest BCUT2D eigenvalue weighted by Crippen LogP contribution is -2.20. The van der Waals surface area contributed by atoms with Gasteiger partial charge in [0, 0.05) is 12.1 Å². The van der Waals surface area contributed by atoms with Crippen molar-refractivity contribution in [1.82, 2.24) is 5.16 Å². The third-order valence-corrected chi connectivity index (χ3v) is 2.73. The van der Waals surface area contributed by atoms with E-state index in [1.807, 2.05) is 0 Å². The highest BCUT2D eigenvalue weighted by atomic mass is 19.4. The van der Waals surface area contributed by atoms with Gasteiger partial charge in [0.1, 0.15) is 0 Å². The van der Waals surface area contributed by atoms with Crippen LogP contribution in [0.1, 0.15) is 11.3 Å². The predicted octanol–water partition coefficient (Wildman–Crippen LogP) is 2.93. The normalized spacial score (nSPS) is 11.2. The number of nitrogens with one attached hydrogen (secondary N) is 1. The van der Waals surface area contributed by atoms with Gasteiger partial charge in [0.2, 0.25) is 5.88 Å². The lowest BCUT2D eigenvalue weighted by Gasteiger charge is -2.09. The van der Waals surface area contributed by atoms with Crippen LogP contribution in [0.5, 0.6) is 5.75 Å². The summed E-state index contributed by atoms with van der Waals surface area (Å²) in [5, 5.41) is 16.7. The zero-order valence-corrected chi connectivity index (χ0v) is 12.1. The first kappa shape index (κ1) is 17.2. The van der Waals surface area contributed by atoms with Crippen molar-refractivity contribution in [1.29, 1.82) is 0 Å². The van der Waals surface area contributed by atoms with Crippen molar-refractivity contribution in [3.05, 3.63) is 45.6 Å². The van der Waals surface area contributed by atoms with Crippen molar-refractivity contribution < 1.29 is 32.1 Å². The summed E-state index contributed by atoms with van der Waals surface area (Å²) in [7, 11) is 0. The van der Waals surface area contributed by atoms with Gasteiger partial charge in [0.25, 0.3) is 5.91 Å². The van der Waals surface area contributed by atoms with Crippen LogP contribution in [0.15, 0.2) is 28.8 Å². The molecule has 0 saturated heterocycles. The Morgan fingerprint density at radius 1 is 1.42 bits per heavy atom. The molecule has 0 radical (unpaired) electrons. The molecule has 1 heterocycles. The SMILES string of the molecule is Cc1cc(NC(=O)COc2ccc(C(F)(F)F)cc2[N+](=O)[O-])on1. The fourth-order valence-corrected chi connectivity index (χ4v) is 1.70. The number of aromatic nitrogens is 1. The summed E-state index contributed by atoms with van der Waals surface area (Å²) in [5.41, 5.74) is -1.57. The van der Waals surface area contributed by atoms with Gasteiger partial charge in [0.15, 0.2) is 12.4 Å². The molecule has 0 aliphatic heterocycles. The predicted molar refractivity (Wildman–Crippen MR) is 73.5 cm³/mol. The minimum Gasteiger partial charge on any atom is -0.477 e. The Hall–Kier alpha value is -3.11. The van der Waals surface area contributed by atoms with Crippen molar-refractivity contribution >= 4 is 17.5 Å². The largest absolute Gasteiger partial charge is 0.477 e. The third-order valence-electron chi connectivity index (χ3n) is 2.73. The Balaban J connectivity index is 2.08. The Labute approximate surface area is 132 Å². The average molecular weight is 345 g/mol. The van der Waals surface area contributed by atoms with Gasteiger partial charge in [-0.05, 0) is 19.1 Å². The second-order valence-electron chi connectivity index (χ2n) is 4.61. The highest BCUT2D eigenvalue weighted by Gasteiger charge is 2.33. The summed E-state index contributed by atoms with van der Waals surface area (Å²) < 4.78 is 47.4. The van der Waals surface area contributed by atoms with Crippen LogP contribution in [0.2, 0.25) is 0 Å². The number of nitrogens with zero attached hydrogens (tertiary/aromatic N) is 2. The maximum absolute atomic E-state index is 12.6. The standard InChI is InChI=1S/C13H10F3N3O5/c1-7-4-12(24-18-7)17-11(20)6-23-10-3-2-8(13(14,15)16)5-9(10)19(21)22/h2-5H,6H2,1H3,(H,17,20). The van der Waals surface area contributed by atoms with Crippen molar-refractivity contribution in [3.63, 3.8) is 0 Å². The van der Waals surface area contributed by atoms with Gasteiger partial charge in [-0.2, -0.15) is 13.2 Å². The van der Waals surface area contributed by atoms with Crippen molar-refractivity contribution in [3.8, 4) is 5.75 Å². The van der Waals surface area contributed by atoms with E-state index < -0.39 is 40.6 Å². The molecule has 0 aliphatic rings. The molecule has 2 rings (SSSR count). The van der Waals surface area contributed by atoms with E-state index in [1.54, 1.807) is 6.92 Å². The van der Waals surface area contributed by atoms with E-state index in [4.69, 9.17) is 9.26 Å². The molecule has 11 heteroatoms. The number of benzene rings is 1. The zero-order valence-electron chi connectivity index (χ0n) is 12.1. The molecule has 1 amide bonds. The van der Waals surface area contributed by atoms with E-state index >= 15 is 0 Å². The van der Waals surface area contributed by atoms with Crippen molar-refractivity contribution in [2.75, 3.05) is 11.9 Å². The van der Waals surface area contributed by atoms with Crippen LogP contribution >= 0.6 is 0 Å². The van der Waals surface area contributed by atoms with Crippen molar-refractivity contribution in [2.24, 2.45) is 0 Å². The molecule has 1 aromatic heterocycles. The van der Waals surface area contributed by atoms with E-state index in [1.165, 1.54) is 6.07 Å². The number of rotatable bonds is 5. The monoisotopic (exact) mass is 345 g/mol. The average Bonchev–Trinajstić information content (AvgIpc) is 2.89. The van der Waals surface area contributed by atoms with Gasteiger partial charge in [-0.25, -0.2) is 0 Å². The summed E-state index contributed by atoms with van der Waals surface area (Å²) >= 11 is 0. The Kier molecular flexibility index (Phi) is 4.71. The number of nitro benzene ring substituents is 1. The fraction of sp³-hybridized carbons (Fsp3) is 0.231. The van der Waals surface area contributed by atoms with Crippen LogP contribution in [0.25, 0.3) is 0 Å². The number of carbonyl (C=O) groups is 1. The van der Waals surface area contributed by atoms with Crippen LogP contribution < -0.4 is 10.1 Å². The third kappa shape index (κ3) is 4.21. The molecule has 128 valence electrons. The molecule has 24 heavy (non-hydrogen) atoms. The number of nitro groups is 1. The second kappa shape index (κ2) is 6.56. The van der Waals surface area contributed by atoms with Crippen LogP contribution in [0.3, 0.4) is 0 Å². The molecule has 0 spiro atoms. The molecule has 0 bridgehead atoms. The number of hydrogen-bond donors (Lipinski definition) is 1. The van der Waals surface area contributed by atoms with Crippen LogP contribution in [0, 0.1) is 17.0 Å². The maximum atomic E-state index is 12.6. The molecule has 8 nitrogen and oxygen atoms in total. The number of ether oxygens (including phenoxy) is 1. The van der Waals surface area contributed by atoms with Crippen LogP contribution in [0.4, 0.5) is 24.7 Å². The maximum Gasteiger partial charge on any atom is 0.416 e. The van der Waals surface area contributed by atoms with Gasteiger partial charge in [0.05, 0.1) is 16.2 Å². The molecule has 0 fully saturated rings. The summed E-state index contributed by atoms with van der Waals surface area (Å²) in [6, 6.07) is 3.18. The van der Waals surface area contributed by atoms with E-state index in [9.17, 15) is 28.1 Å². The Morgan fingerprint density at radius 3 is 2.67 bits per heavy atom. The smallest absolute Gasteiger partial charge is 0.416 e. The highest BCUT2D eigenvalue weighted by molar-refractivity contribution is 5.90. The molecule has 0 saturated carbocycles. The number of aryl methyl sites for hydroxylation is 1. The molecule has 1 N–H and O–H groups in total. The number of halogens is 3. The molecular formula is C13H10F3N3O5. The molecule has 0 atom stereocenters. The van der Waals surface area contributed by atoms with Gasteiger partial charge < -0.3 is 9.26 Å². The van der Waals surface area contributed by atoms with E-state index in [0.717, 1.165) is 6.07 Å². The lowest BCUT2D eigenvalue weighted by atomic mass is 10.2. The van der Waals surface area contributed by atoms with Crippen LogP contribution in [-0.2, 0) is 11.0 Å². The zero-order chi connectivity index (χ0) is 17.9. The number of hydrogen-bond acceptors (Lipinski definition) is 6. The number of carbonyl (C=O) groups excluding carboxylic acids is 1. The number of anilines is 1. The first-order valence-corrected chi connectivity index (χ1v) is 6.38.